The first kappa shape index (κ1) is 17.4. The van der Waals surface area contributed by atoms with Crippen LogP contribution in [0.3, 0.4) is 0 Å². The number of hydrogen-bond donors (Lipinski definition) is 2. The third kappa shape index (κ3) is 5.34. The molecule has 1 aromatic rings. The van der Waals surface area contributed by atoms with E-state index in [1.165, 1.54) is 6.07 Å². The Morgan fingerprint density at radius 2 is 2.05 bits per heavy atom. The van der Waals surface area contributed by atoms with Crippen LogP contribution in [0.5, 0.6) is 0 Å². The van der Waals surface area contributed by atoms with E-state index in [-0.39, 0.29) is 24.3 Å². The van der Waals surface area contributed by atoms with Crippen LogP contribution >= 0.6 is 0 Å². The summed E-state index contributed by atoms with van der Waals surface area (Å²) in [6.45, 7) is 9.82. The summed E-state index contributed by atoms with van der Waals surface area (Å²) in [5.41, 5.74) is 1.38. The second-order valence-corrected chi connectivity index (χ2v) is 5.24. The van der Waals surface area contributed by atoms with E-state index in [9.17, 15) is 9.18 Å². The molecule has 0 heterocycles. The van der Waals surface area contributed by atoms with Gasteiger partial charge >= 0.3 is 0 Å². The van der Waals surface area contributed by atoms with Gasteiger partial charge in [-0.2, -0.15) is 0 Å². The Labute approximate surface area is 126 Å². The summed E-state index contributed by atoms with van der Waals surface area (Å²) in [5, 5.41) is 6.01. The van der Waals surface area contributed by atoms with Crippen molar-refractivity contribution in [2.24, 2.45) is 0 Å². The van der Waals surface area contributed by atoms with Crippen LogP contribution in [-0.4, -0.2) is 31.6 Å². The van der Waals surface area contributed by atoms with Crippen molar-refractivity contribution >= 4 is 11.6 Å². The Bertz CT molecular complexity index is 463. The number of carbonyl (C=O) groups is 1. The maximum Gasteiger partial charge on any atom is 0.239 e. The van der Waals surface area contributed by atoms with Crippen LogP contribution in [0.4, 0.5) is 10.1 Å². The first-order valence-electron chi connectivity index (χ1n) is 7.51. The molecule has 0 aliphatic heterocycles. The zero-order chi connectivity index (χ0) is 15.8. The zero-order valence-corrected chi connectivity index (χ0v) is 13.4. The second-order valence-electron chi connectivity index (χ2n) is 5.24. The molecule has 0 aliphatic rings. The molecule has 0 fully saturated rings. The summed E-state index contributed by atoms with van der Waals surface area (Å²) in [6, 6.07) is 5.28. The minimum atomic E-state index is -0.241. The summed E-state index contributed by atoms with van der Waals surface area (Å²) in [5.74, 6) is -0.290. The lowest BCUT2D eigenvalue weighted by Crippen LogP contribution is -2.38. The maximum absolute atomic E-state index is 14.1. The summed E-state index contributed by atoms with van der Waals surface area (Å²) in [4.78, 5) is 13.7. The van der Waals surface area contributed by atoms with Crippen molar-refractivity contribution in [1.82, 2.24) is 10.6 Å². The van der Waals surface area contributed by atoms with Gasteiger partial charge in [-0.25, -0.2) is 4.39 Å². The van der Waals surface area contributed by atoms with Gasteiger partial charge in [0.15, 0.2) is 0 Å². The van der Waals surface area contributed by atoms with Crippen molar-refractivity contribution in [2.45, 2.75) is 40.3 Å². The highest BCUT2D eigenvalue weighted by molar-refractivity contribution is 5.81. The molecule has 0 unspecified atom stereocenters. The predicted octanol–water partition coefficient (Wildman–Crippen LogP) is 2.29. The number of benzene rings is 1. The van der Waals surface area contributed by atoms with E-state index >= 15 is 0 Å². The van der Waals surface area contributed by atoms with E-state index in [1.54, 1.807) is 6.07 Å². The molecule has 0 spiro atoms. The Morgan fingerprint density at radius 3 is 2.62 bits per heavy atom. The van der Waals surface area contributed by atoms with Gasteiger partial charge in [-0.15, -0.1) is 0 Å². The van der Waals surface area contributed by atoms with Gasteiger partial charge in [-0.3, -0.25) is 4.79 Å². The lowest BCUT2D eigenvalue weighted by molar-refractivity contribution is -0.119. The Morgan fingerprint density at radius 1 is 1.33 bits per heavy atom. The Kier molecular flexibility index (Phi) is 7.15. The van der Waals surface area contributed by atoms with Crippen molar-refractivity contribution in [3.05, 3.63) is 29.6 Å². The number of carbonyl (C=O) groups excluding carboxylic acids is 1. The molecule has 0 aromatic heterocycles. The lowest BCUT2D eigenvalue weighted by Gasteiger charge is -2.26. The van der Waals surface area contributed by atoms with E-state index in [4.69, 9.17) is 0 Å². The molecule has 0 bridgehead atoms. The minimum absolute atomic E-state index is 0.0496. The van der Waals surface area contributed by atoms with Crippen LogP contribution in [0.25, 0.3) is 0 Å². The van der Waals surface area contributed by atoms with Crippen LogP contribution in [-0.2, 0) is 11.3 Å². The molecule has 0 saturated carbocycles. The van der Waals surface area contributed by atoms with Crippen molar-refractivity contribution in [1.29, 1.82) is 0 Å². The van der Waals surface area contributed by atoms with Gasteiger partial charge in [0.1, 0.15) is 5.82 Å². The van der Waals surface area contributed by atoms with Crippen molar-refractivity contribution < 1.29 is 9.18 Å². The highest BCUT2D eigenvalue weighted by Gasteiger charge is 2.16. The molecule has 1 amide bonds. The van der Waals surface area contributed by atoms with Gasteiger partial charge in [0.2, 0.25) is 5.91 Å². The molecule has 0 atom stereocenters. The first-order chi connectivity index (χ1) is 9.99. The zero-order valence-electron chi connectivity index (χ0n) is 13.4. The number of amides is 1. The second kappa shape index (κ2) is 8.62. The van der Waals surface area contributed by atoms with E-state index in [2.05, 4.69) is 10.6 Å². The number of hydrogen-bond acceptors (Lipinski definition) is 3. The summed E-state index contributed by atoms with van der Waals surface area (Å²) >= 11 is 0. The highest BCUT2D eigenvalue weighted by atomic mass is 19.1. The fourth-order valence-electron chi connectivity index (χ4n) is 2.12. The van der Waals surface area contributed by atoms with E-state index in [0.717, 1.165) is 5.69 Å². The number of rotatable bonds is 8. The van der Waals surface area contributed by atoms with Crippen molar-refractivity contribution in [2.75, 3.05) is 24.5 Å². The summed E-state index contributed by atoms with van der Waals surface area (Å²) in [6.07, 6.45) is 0. The van der Waals surface area contributed by atoms with Crippen LogP contribution in [0.2, 0.25) is 0 Å². The molecule has 0 radical (unpaired) electrons. The fourth-order valence-corrected chi connectivity index (χ4v) is 2.12. The van der Waals surface area contributed by atoms with Gasteiger partial charge < -0.3 is 15.5 Å². The molecule has 21 heavy (non-hydrogen) atoms. The molecule has 0 aliphatic carbocycles. The molecule has 0 saturated heterocycles. The lowest BCUT2D eigenvalue weighted by atomic mass is 10.1. The van der Waals surface area contributed by atoms with Gasteiger partial charge in [0.25, 0.3) is 0 Å². The van der Waals surface area contributed by atoms with Crippen molar-refractivity contribution in [3.63, 3.8) is 0 Å². The van der Waals surface area contributed by atoms with Crippen LogP contribution in [0, 0.1) is 5.82 Å². The SMILES string of the molecule is CCNC(=O)CN(CC)c1cccc(F)c1CNC(C)C. The van der Waals surface area contributed by atoms with E-state index in [0.29, 0.717) is 25.2 Å². The molecule has 118 valence electrons. The third-order valence-electron chi connectivity index (χ3n) is 3.21. The smallest absolute Gasteiger partial charge is 0.239 e. The molecule has 1 aromatic carbocycles. The largest absolute Gasteiger partial charge is 0.362 e. The number of nitrogens with zero attached hydrogens (tertiary/aromatic N) is 1. The predicted molar refractivity (Wildman–Crippen MR) is 84.9 cm³/mol. The number of anilines is 1. The van der Waals surface area contributed by atoms with Gasteiger partial charge in [0, 0.05) is 36.9 Å². The van der Waals surface area contributed by atoms with E-state index < -0.39 is 0 Å². The Balaban J connectivity index is 2.97. The van der Waals surface area contributed by atoms with Crippen LogP contribution in [0.15, 0.2) is 18.2 Å². The van der Waals surface area contributed by atoms with Crippen LogP contribution in [0.1, 0.15) is 33.3 Å². The van der Waals surface area contributed by atoms with Crippen LogP contribution < -0.4 is 15.5 Å². The molecule has 5 heteroatoms. The van der Waals surface area contributed by atoms with E-state index in [1.807, 2.05) is 38.7 Å². The van der Waals surface area contributed by atoms with Crippen molar-refractivity contribution in [3.8, 4) is 0 Å². The summed E-state index contributed by atoms with van der Waals surface area (Å²) in [7, 11) is 0. The number of nitrogens with one attached hydrogen (secondary N) is 2. The van der Waals surface area contributed by atoms with Gasteiger partial charge in [-0.05, 0) is 26.0 Å². The average Bonchev–Trinajstić information content (AvgIpc) is 2.43. The standard InChI is InChI=1S/C16H26FN3O/c1-5-18-16(21)11-20(6-2)15-9-7-8-14(17)13(15)10-19-12(3)4/h7-9,12,19H,5-6,10-11H2,1-4H3,(H,18,21). The monoisotopic (exact) mass is 295 g/mol. The molecule has 1 rings (SSSR count). The van der Waals surface area contributed by atoms with Gasteiger partial charge in [-0.1, -0.05) is 19.9 Å². The molecule has 4 nitrogen and oxygen atoms in total. The highest BCUT2D eigenvalue weighted by Crippen LogP contribution is 2.23. The molecular formula is C16H26FN3O. The normalized spacial score (nSPS) is 10.8. The van der Waals surface area contributed by atoms with Gasteiger partial charge in [0.05, 0.1) is 6.54 Å². The molecular weight excluding hydrogens is 269 g/mol. The third-order valence-corrected chi connectivity index (χ3v) is 3.21. The Hall–Kier alpha value is -1.62. The quantitative estimate of drug-likeness (QED) is 0.773. The molecule has 2 N–H and O–H groups in total. The number of halogens is 1. The summed E-state index contributed by atoms with van der Waals surface area (Å²) < 4.78 is 14.1. The number of likely N-dealkylation sites (N-methyl/N-ethyl adjacent to an activating group) is 2. The minimum Gasteiger partial charge on any atom is -0.362 e. The first-order valence-corrected chi connectivity index (χ1v) is 7.51. The average molecular weight is 295 g/mol. The topological polar surface area (TPSA) is 44.4 Å². The maximum atomic E-state index is 14.1. The fraction of sp³-hybridized carbons (Fsp3) is 0.562.